The fraction of sp³-hybridized carbons (Fsp3) is 0.290. The number of H-pyrrole nitrogens is 1. The summed E-state index contributed by atoms with van der Waals surface area (Å²) in [6, 6.07) is 10.5. The molecule has 0 radical (unpaired) electrons. The number of carbonyl (C=O) groups excluding carboxylic acids is 4. The van der Waals surface area contributed by atoms with Gasteiger partial charge in [0, 0.05) is 24.8 Å². The Kier molecular flexibility index (Phi) is 11.8. The van der Waals surface area contributed by atoms with Crippen molar-refractivity contribution in [2.24, 2.45) is 15.7 Å². The smallest absolute Gasteiger partial charge is 0.419 e. The second-order valence-electron chi connectivity index (χ2n) is 9.64. The van der Waals surface area contributed by atoms with E-state index in [0.29, 0.717) is 35.5 Å². The zero-order valence-electron chi connectivity index (χ0n) is 25.0. The number of nitrogens with one attached hydrogen (secondary N) is 2. The molecule has 2 aromatic carbocycles. The lowest BCUT2D eigenvalue weighted by Gasteiger charge is -2.19. The third kappa shape index (κ3) is 8.31. The van der Waals surface area contributed by atoms with Crippen LogP contribution in [-0.2, 0) is 9.47 Å². The minimum atomic E-state index is -1.000. The van der Waals surface area contributed by atoms with Crippen molar-refractivity contribution in [2.75, 3.05) is 19.9 Å². The second kappa shape index (κ2) is 15.7. The van der Waals surface area contributed by atoms with Crippen LogP contribution < -0.4 is 11.1 Å². The summed E-state index contributed by atoms with van der Waals surface area (Å²) in [6.07, 6.45) is 2.73. The molecule has 0 spiro atoms. The Morgan fingerprint density at radius 3 is 2.39 bits per heavy atom. The van der Waals surface area contributed by atoms with Gasteiger partial charge in [0.05, 0.1) is 28.8 Å². The summed E-state index contributed by atoms with van der Waals surface area (Å²) >= 11 is 0. The van der Waals surface area contributed by atoms with E-state index in [9.17, 15) is 24.3 Å². The van der Waals surface area contributed by atoms with Crippen LogP contribution in [0.5, 0.6) is 5.75 Å². The van der Waals surface area contributed by atoms with Crippen molar-refractivity contribution in [2.45, 2.75) is 40.5 Å². The van der Waals surface area contributed by atoms with Crippen LogP contribution in [-0.4, -0.2) is 70.9 Å². The van der Waals surface area contributed by atoms with Crippen LogP contribution in [0.2, 0.25) is 0 Å². The highest BCUT2D eigenvalue weighted by Gasteiger charge is 2.28. The van der Waals surface area contributed by atoms with Gasteiger partial charge in [-0.1, -0.05) is 19.9 Å². The molecule has 13 nitrogen and oxygen atoms in total. The largest absolute Gasteiger partial charge is 0.508 e. The number of aromatic amines is 1. The Morgan fingerprint density at radius 1 is 1.02 bits per heavy atom. The number of nitrogens with two attached hydrogens (primary N) is 1. The third-order valence-electron chi connectivity index (χ3n) is 6.41. The number of carbonyl (C=O) groups is 4. The van der Waals surface area contributed by atoms with Crippen molar-refractivity contribution >= 4 is 41.7 Å². The third-order valence-corrected chi connectivity index (χ3v) is 6.41. The van der Waals surface area contributed by atoms with Gasteiger partial charge in [0.15, 0.2) is 5.84 Å². The minimum Gasteiger partial charge on any atom is -0.508 e. The molecule has 232 valence electrons. The van der Waals surface area contributed by atoms with Crippen molar-refractivity contribution in [3.05, 3.63) is 82.2 Å². The zero-order chi connectivity index (χ0) is 32.2. The lowest BCUT2D eigenvalue weighted by atomic mass is 10.1. The number of esters is 1. The number of aromatic nitrogens is 1. The van der Waals surface area contributed by atoms with E-state index in [2.05, 4.69) is 20.3 Å². The van der Waals surface area contributed by atoms with Crippen molar-refractivity contribution in [1.29, 1.82) is 0 Å². The molecular weight excluding hydrogens is 568 g/mol. The van der Waals surface area contributed by atoms with Crippen LogP contribution in [0.25, 0.3) is 0 Å². The van der Waals surface area contributed by atoms with Gasteiger partial charge in [-0.25, -0.2) is 24.5 Å². The van der Waals surface area contributed by atoms with Gasteiger partial charge in [-0.05, 0) is 74.2 Å². The zero-order valence-corrected chi connectivity index (χ0v) is 25.0. The van der Waals surface area contributed by atoms with E-state index in [1.54, 1.807) is 32.0 Å². The van der Waals surface area contributed by atoms with Crippen molar-refractivity contribution in [3.8, 4) is 5.75 Å². The number of aliphatic imine (C=N–C) groups is 2. The molecule has 0 saturated heterocycles. The van der Waals surface area contributed by atoms with Crippen LogP contribution in [0.4, 0.5) is 10.5 Å². The SMILES string of the molecule is CCCNC(=O)c1ccc(C)c(N=C(N=CN)c2[nH]cc(C(=O)N(CCC)C(=O)OCOC(=O)c3ccc(O)cc3)c2C)c1. The van der Waals surface area contributed by atoms with Gasteiger partial charge >= 0.3 is 12.1 Å². The average molecular weight is 605 g/mol. The molecule has 3 rings (SSSR count). The molecule has 0 saturated carbocycles. The number of aryl methyl sites for hydroxylation is 1. The molecule has 0 bridgehead atoms. The first kappa shape index (κ1) is 33.0. The summed E-state index contributed by atoms with van der Waals surface area (Å²) in [6.45, 7) is 7.10. The Labute approximate surface area is 254 Å². The molecular formula is C31H36N6O7. The van der Waals surface area contributed by atoms with Crippen LogP contribution in [0.3, 0.4) is 0 Å². The van der Waals surface area contributed by atoms with Crippen LogP contribution >= 0.6 is 0 Å². The molecule has 13 heteroatoms. The first-order valence-corrected chi connectivity index (χ1v) is 14.0. The lowest BCUT2D eigenvalue weighted by molar-refractivity contribution is -0.0105. The number of hydrogen-bond donors (Lipinski definition) is 4. The number of amides is 3. The van der Waals surface area contributed by atoms with Crippen molar-refractivity contribution in [1.82, 2.24) is 15.2 Å². The number of imide groups is 1. The summed E-state index contributed by atoms with van der Waals surface area (Å²) in [5, 5.41) is 12.2. The van der Waals surface area contributed by atoms with E-state index in [-0.39, 0.29) is 35.2 Å². The molecule has 1 aromatic heterocycles. The molecule has 0 atom stereocenters. The van der Waals surface area contributed by atoms with Gasteiger partial charge in [-0.2, -0.15) is 0 Å². The molecule has 0 aliphatic carbocycles. The molecule has 3 aromatic rings. The highest BCUT2D eigenvalue weighted by atomic mass is 16.7. The molecule has 5 N–H and O–H groups in total. The predicted octanol–water partition coefficient (Wildman–Crippen LogP) is 4.35. The first-order chi connectivity index (χ1) is 21.1. The lowest BCUT2D eigenvalue weighted by Crippen LogP contribution is -2.38. The maximum absolute atomic E-state index is 13.5. The molecule has 3 amide bonds. The van der Waals surface area contributed by atoms with Gasteiger partial charge < -0.3 is 30.6 Å². The van der Waals surface area contributed by atoms with Crippen LogP contribution in [0.15, 0.2) is 58.6 Å². The Balaban J connectivity index is 1.81. The van der Waals surface area contributed by atoms with E-state index in [4.69, 9.17) is 15.2 Å². The standard InChI is InChI=1S/C31H36N6O7/c1-5-13-33-28(39)22-8-7-19(3)25(15-22)36-27(35-17-32)26-20(4)24(16-34-26)29(40)37(14-6-2)31(42)44-18-43-30(41)21-9-11-23(38)12-10-21/h7-12,15-17,34,38H,5-6,13-14,18H2,1-4H3,(H,33,39)(H2,32,35,36). The Bertz CT molecular complexity index is 1560. The highest BCUT2D eigenvalue weighted by molar-refractivity contribution is 6.09. The number of nitrogens with zero attached hydrogens (tertiary/aromatic N) is 3. The molecule has 44 heavy (non-hydrogen) atoms. The summed E-state index contributed by atoms with van der Waals surface area (Å²) in [5.41, 5.74) is 8.44. The fourth-order valence-corrected chi connectivity index (χ4v) is 4.03. The first-order valence-electron chi connectivity index (χ1n) is 14.0. The Hall–Kier alpha value is -5.46. The molecule has 0 aliphatic heterocycles. The normalized spacial score (nSPS) is 11.3. The maximum atomic E-state index is 13.5. The number of phenolic OH excluding ortho intramolecular Hbond substituents is 1. The summed E-state index contributed by atoms with van der Waals surface area (Å²) < 4.78 is 10.0. The monoisotopic (exact) mass is 604 g/mol. The topological polar surface area (TPSA) is 189 Å². The summed E-state index contributed by atoms with van der Waals surface area (Å²) in [5.74, 6) is -1.51. The second-order valence-corrected chi connectivity index (χ2v) is 9.64. The molecule has 1 heterocycles. The summed E-state index contributed by atoms with van der Waals surface area (Å²) in [7, 11) is 0. The van der Waals surface area contributed by atoms with Crippen molar-refractivity contribution < 1.29 is 33.8 Å². The molecule has 0 aliphatic rings. The quantitative estimate of drug-likeness (QED) is 0.108. The van der Waals surface area contributed by atoms with E-state index in [0.717, 1.165) is 23.2 Å². The van der Waals surface area contributed by atoms with Crippen LogP contribution in [0, 0.1) is 13.8 Å². The molecule has 0 fully saturated rings. The van der Waals surface area contributed by atoms with E-state index >= 15 is 0 Å². The average Bonchev–Trinajstić information content (AvgIpc) is 3.40. The van der Waals surface area contributed by atoms with Crippen molar-refractivity contribution in [3.63, 3.8) is 0 Å². The van der Waals surface area contributed by atoms with Gasteiger partial charge in [-0.15, -0.1) is 0 Å². The number of aromatic hydroxyl groups is 1. The number of rotatable bonds is 11. The number of hydrogen-bond acceptors (Lipinski definition) is 8. The van der Waals surface area contributed by atoms with Gasteiger partial charge in [0.1, 0.15) is 5.75 Å². The van der Waals surface area contributed by atoms with Gasteiger partial charge in [0.2, 0.25) is 6.79 Å². The van der Waals surface area contributed by atoms with E-state index in [1.807, 2.05) is 13.8 Å². The number of phenols is 1. The maximum Gasteiger partial charge on any atom is 0.419 e. The van der Waals surface area contributed by atoms with Gasteiger partial charge in [0.25, 0.3) is 11.8 Å². The van der Waals surface area contributed by atoms with Crippen LogP contribution in [0.1, 0.15) is 74.6 Å². The molecule has 0 unspecified atom stereocenters. The number of ether oxygens (including phenoxy) is 2. The predicted molar refractivity (Wildman–Crippen MR) is 164 cm³/mol. The van der Waals surface area contributed by atoms with E-state index < -0.39 is 24.8 Å². The minimum absolute atomic E-state index is 0.0192. The Morgan fingerprint density at radius 2 is 1.73 bits per heavy atom. The number of benzene rings is 2. The highest BCUT2D eigenvalue weighted by Crippen LogP contribution is 2.24. The van der Waals surface area contributed by atoms with Gasteiger partial charge in [-0.3, -0.25) is 9.59 Å². The number of amidine groups is 1. The van der Waals surface area contributed by atoms with E-state index in [1.165, 1.54) is 30.5 Å². The summed E-state index contributed by atoms with van der Waals surface area (Å²) in [4.78, 5) is 63.7. The fourth-order valence-electron chi connectivity index (χ4n) is 4.03.